The zero-order chi connectivity index (χ0) is 20.6. The van der Waals surface area contributed by atoms with Gasteiger partial charge in [0.15, 0.2) is 0 Å². The lowest BCUT2D eigenvalue weighted by molar-refractivity contribution is -0.134. The molecule has 0 saturated carbocycles. The van der Waals surface area contributed by atoms with Gasteiger partial charge >= 0.3 is 5.97 Å². The van der Waals surface area contributed by atoms with Crippen LogP contribution in [0.5, 0.6) is 0 Å². The fraction of sp³-hybridized carbons (Fsp3) is 0.318. The monoisotopic (exact) mass is 431 g/mol. The number of halogens is 1. The number of fused-ring (bicyclic) bond motifs is 2. The molecule has 0 N–H and O–H groups in total. The zero-order valence-corrected chi connectivity index (χ0v) is 17.7. The molecule has 1 heterocycles. The molecular weight excluding hydrogens is 410 g/mol. The molecule has 2 aromatic carbocycles. The van der Waals surface area contributed by atoms with Crippen molar-refractivity contribution in [1.29, 1.82) is 0 Å². The van der Waals surface area contributed by atoms with Gasteiger partial charge in [0.25, 0.3) is 0 Å². The average Bonchev–Trinajstić information content (AvgIpc) is 3.02. The summed E-state index contributed by atoms with van der Waals surface area (Å²) in [5.41, 5.74) is 3.06. The standard InChI is InChI=1S/C22H22ClNO4S/c1-28-21(25)14-16-15-22(20-5-3-2-4-19(16)20)10-12-24(13-11-22)29(26,27)18-8-6-17(23)7-9-18/h2-9,14H,10-13,15H2,1H3/b16-14+. The maximum atomic E-state index is 13.0. The van der Waals surface area contributed by atoms with Gasteiger partial charge < -0.3 is 4.74 Å². The van der Waals surface area contributed by atoms with E-state index in [0.29, 0.717) is 31.0 Å². The minimum absolute atomic E-state index is 0.150. The Morgan fingerprint density at radius 3 is 2.41 bits per heavy atom. The molecular formula is C22H22ClNO4S. The van der Waals surface area contributed by atoms with Crippen LogP contribution in [-0.2, 0) is 25.0 Å². The number of esters is 1. The first-order valence-electron chi connectivity index (χ1n) is 9.50. The molecule has 1 aliphatic heterocycles. The second-order valence-corrected chi connectivity index (χ2v) is 9.93. The van der Waals surface area contributed by atoms with Gasteiger partial charge in [-0.05, 0) is 60.2 Å². The summed E-state index contributed by atoms with van der Waals surface area (Å²) in [6.45, 7) is 0.871. The molecule has 1 saturated heterocycles. The molecule has 0 bridgehead atoms. The number of benzene rings is 2. The van der Waals surface area contributed by atoms with Crippen molar-refractivity contribution in [3.63, 3.8) is 0 Å². The van der Waals surface area contributed by atoms with E-state index in [0.717, 1.165) is 17.6 Å². The summed E-state index contributed by atoms with van der Waals surface area (Å²) >= 11 is 5.89. The highest BCUT2D eigenvalue weighted by atomic mass is 35.5. The van der Waals surface area contributed by atoms with Crippen LogP contribution >= 0.6 is 11.6 Å². The Kier molecular flexibility index (Phi) is 5.27. The van der Waals surface area contributed by atoms with Gasteiger partial charge in [0, 0.05) is 29.6 Å². The molecule has 0 amide bonds. The molecule has 4 rings (SSSR count). The number of hydrogen-bond acceptors (Lipinski definition) is 4. The van der Waals surface area contributed by atoms with Crippen molar-refractivity contribution in [2.24, 2.45) is 0 Å². The fourth-order valence-electron chi connectivity index (χ4n) is 4.47. The number of hydrogen-bond donors (Lipinski definition) is 0. The normalized spacial score (nSPS) is 20.0. The Morgan fingerprint density at radius 2 is 1.76 bits per heavy atom. The third kappa shape index (κ3) is 3.61. The Hall–Kier alpha value is -2.15. The number of ether oxygens (including phenoxy) is 1. The lowest BCUT2D eigenvalue weighted by atomic mass is 9.74. The maximum Gasteiger partial charge on any atom is 0.330 e. The molecule has 0 unspecified atom stereocenters. The van der Waals surface area contributed by atoms with Gasteiger partial charge in [-0.3, -0.25) is 0 Å². The van der Waals surface area contributed by atoms with Crippen molar-refractivity contribution < 1.29 is 17.9 Å². The summed E-state index contributed by atoms with van der Waals surface area (Å²) in [5, 5.41) is 0.508. The fourth-order valence-corrected chi connectivity index (χ4v) is 6.03. The Morgan fingerprint density at radius 1 is 1.10 bits per heavy atom. The lowest BCUT2D eigenvalue weighted by Crippen LogP contribution is -2.44. The van der Waals surface area contributed by atoms with Crippen LogP contribution in [0.1, 0.15) is 30.4 Å². The van der Waals surface area contributed by atoms with E-state index < -0.39 is 10.0 Å². The summed E-state index contributed by atoms with van der Waals surface area (Å²) in [6.07, 6.45) is 3.69. The molecule has 1 fully saturated rings. The van der Waals surface area contributed by atoms with E-state index in [1.807, 2.05) is 18.2 Å². The van der Waals surface area contributed by atoms with Crippen molar-refractivity contribution in [2.45, 2.75) is 29.6 Å². The Balaban J connectivity index is 1.60. The number of allylic oxidation sites excluding steroid dienone is 1. The van der Waals surface area contributed by atoms with E-state index in [4.69, 9.17) is 16.3 Å². The topological polar surface area (TPSA) is 63.7 Å². The minimum atomic E-state index is -3.55. The van der Waals surface area contributed by atoms with Crippen LogP contribution in [0.3, 0.4) is 0 Å². The SMILES string of the molecule is COC(=O)/C=C1\CC2(CCN(S(=O)(=O)c3ccc(Cl)cc3)CC2)c2ccccc21. The number of carbonyl (C=O) groups excluding carboxylic acids is 1. The highest BCUT2D eigenvalue weighted by Gasteiger charge is 2.45. The van der Waals surface area contributed by atoms with E-state index in [9.17, 15) is 13.2 Å². The smallest absolute Gasteiger partial charge is 0.330 e. The van der Waals surface area contributed by atoms with Gasteiger partial charge in [0.1, 0.15) is 0 Å². The van der Waals surface area contributed by atoms with Crippen molar-refractivity contribution in [2.75, 3.05) is 20.2 Å². The molecule has 0 radical (unpaired) electrons. The van der Waals surface area contributed by atoms with E-state index in [1.54, 1.807) is 34.6 Å². The van der Waals surface area contributed by atoms with Crippen molar-refractivity contribution in [3.05, 3.63) is 70.8 Å². The first kappa shape index (κ1) is 20.1. The predicted molar refractivity (Wildman–Crippen MR) is 112 cm³/mol. The molecule has 1 spiro atoms. The first-order valence-corrected chi connectivity index (χ1v) is 11.3. The van der Waals surface area contributed by atoms with E-state index in [2.05, 4.69) is 6.07 Å². The lowest BCUT2D eigenvalue weighted by Gasteiger charge is -2.39. The van der Waals surface area contributed by atoms with Crippen LogP contribution in [0.4, 0.5) is 0 Å². The van der Waals surface area contributed by atoms with Gasteiger partial charge in [-0.25, -0.2) is 13.2 Å². The molecule has 2 aliphatic rings. The molecule has 5 nitrogen and oxygen atoms in total. The summed E-state index contributed by atoms with van der Waals surface area (Å²) in [7, 11) is -2.18. The first-order chi connectivity index (χ1) is 13.9. The molecule has 7 heteroatoms. The number of rotatable bonds is 3. The van der Waals surface area contributed by atoms with Gasteiger partial charge in [-0.2, -0.15) is 4.31 Å². The summed E-state index contributed by atoms with van der Waals surface area (Å²) < 4.78 is 32.4. The van der Waals surface area contributed by atoms with Gasteiger partial charge in [-0.1, -0.05) is 35.9 Å². The second-order valence-electron chi connectivity index (χ2n) is 7.55. The third-order valence-electron chi connectivity index (χ3n) is 6.00. The van der Waals surface area contributed by atoms with Gasteiger partial charge in [-0.15, -0.1) is 0 Å². The highest BCUT2D eigenvalue weighted by Crippen LogP contribution is 2.51. The number of sulfonamides is 1. The summed E-state index contributed by atoms with van der Waals surface area (Å²) in [6, 6.07) is 14.4. The van der Waals surface area contributed by atoms with E-state index in [1.165, 1.54) is 12.7 Å². The Bertz CT molecular complexity index is 1070. The van der Waals surface area contributed by atoms with Crippen LogP contribution in [0.15, 0.2) is 59.5 Å². The van der Waals surface area contributed by atoms with Crippen LogP contribution in [0.25, 0.3) is 5.57 Å². The molecule has 29 heavy (non-hydrogen) atoms. The molecule has 0 aromatic heterocycles. The van der Waals surface area contributed by atoms with Gasteiger partial charge in [0.2, 0.25) is 10.0 Å². The molecule has 152 valence electrons. The number of piperidine rings is 1. The molecule has 0 atom stereocenters. The van der Waals surface area contributed by atoms with Crippen LogP contribution in [0, 0.1) is 0 Å². The van der Waals surface area contributed by atoms with Crippen molar-refractivity contribution >= 4 is 33.2 Å². The predicted octanol–water partition coefficient (Wildman–Crippen LogP) is 4.02. The molecule has 1 aliphatic carbocycles. The number of nitrogens with zero attached hydrogens (tertiary/aromatic N) is 1. The quantitative estimate of drug-likeness (QED) is 0.543. The largest absolute Gasteiger partial charge is 0.466 e. The number of carbonyl (C=O) groups is 1. The third-order valence-corrected chi connectivity index (χ3v) is 8.16. The summed E-state index contributed by atoms with van der Waals surface area (Å²) in [5.74, 6) is -0.366. The summed E-state index contributed by atoms with van der Waals surface area (Å²) in [4.78, 5) is 12.1. The Labute approximate surface area is 176 Å². The van der Waals surface area contributed by atoms with Crippen molar-refractivity contribution in [3.8, 4) is 0 Å². The average molecular weight is 432 g/mol. The number of methoxy groups -OCH3 is 1. The van der Waals surface area contributed by atoms with Crippen molar-refractivity contribution in [1.82, 2.24) is 4.31 Å². The van der Waals surface area contributed by atoms with E-state index in [-0.39, 0.29) is 16.3 Å². The minimum Gasteiger partial charge on any atom is -0.466 e. The van der Waals surface area contributed by atoms with Crippen LogP contribution in [0.2, 0.25) is 5.02 Å². The maximum absolute atomic E-state index is 13.0. The zero-order valence-electron chi connectivity index (χ0n) is 16.1. The van der Waals surface area contributed by atoms with Crippen LogP contribution in [-0.4, -0.2) is 38.9 Å². The van der Waals surface area contributed by atoms with E-state index >= 15 is 0 Å². The van der Waals surface area contributed by atoms with Crippen LogP contribution < -0.4 is 0 Å². The van der Waals surface area contributed by atoms with Gasteiger partial charge in [0.05, 0.1) is 12.0 Å². The highest BCUT2D eigenvalue weighted by molar-refractivity contribution is 7.89. The molecule has 2 aromatic rings. The second kappa shape index (κ2) is 7.59.